The van der Waals surface area contributed by atoms with Crippen LogP contribution in [0.1, 0.15) is 12.8 Å². The van der Waals surface area contributed by atoms with Crippen molar-refractivity contribution >= 4 is 0 Å². The van der Waals surface area contributed by atoms with Crippen molar-refractivity contribution in [3.8, 4) is 18.2 Å². The average Bonchev–Trinajstić information content (AvgIpc) is 2.59. The normalized spacial score (nSPS) is 26.9. The predicted octanol–water partition coefficient (Wildman–Crippen LogP) is -0.679. The summed E-state index contributed by atoms with van der Waals surface area (Å²) in [6.45, 7) is 3.16. The summed E-state index contributed by atoms with van der Waals surface area (Å²) in [7, 11) is 4.09. The molecule has 0 bridgehead atoms. The monoisotopic (exact) mass is 358 g/mol. The number of nitrogens with zero attached hydrogens (tertiary/aromatic N) is 5. The van der Waals surface area contributed by atoms with Crippen LogP contribution in [-0.2, 0) is 0 Å². The van der Waals surface area contributed by atoms with E-state index in [2.05, 4.69) is 41.1 Å². The summed E-state index contributed by atoms with van der Waals surface area (Å²) in [6, 6.07) is 6.67. The molecule has 3 rings (SSSR count). The number of nitrogens with two attached hydrogens (primary N) is 1. The minimum Gasteiger partial charge on any atom is -0.412 e. The quantitative estimate of drug-likeness (QED) is 0.602. The molecule has 1 spiro atoms. The fourth-order valence-electron chi connectivity index (χ4n) is 4.74. The van der Waals surface area contributed by atoms with Crippen LogP contribution in [0.3, 0.4) is 0 Å². The maximum Gasteiger partial charge on any atom is 0.190 e. The van der Waals surface area contributed by atoms with Crippen LogP contribution in [0.4, 0.5) is 0 Å². The minimum absolute atomic E-state index is 0. The Kier molecular flexibility index (Phi) is 6.20. The van der Waals surface area contributed by atoms with Crippen LogP contribution in [0.2, 0.25) is 0 Å². The lowest BCUT2D eigenvalue weighted by molar-refractivity contribution is -0.00138. The molecule has 2 aliphatic heterocycles. The Labute approximate surface area is 154 Å². The lowest BCUT2D eigenvalue weighted by atomic mass is 9.47. The number of hydrogen-bond acceptors (Lipinski definition) is 6. The van der Waals surface area contributed by atoms with E-state index in [1.54, 1.807) is 0 Å². The van der Waals surface area contributed by atoms with Crippen LogP contribution in [0.15, 0.2) is 22.9 Å². The fraction of sp³-hybridized carbons (Fsp3) is 0.611. The van der Waals surface area contributed by atoms with Crippen LogP contribution >= 0.6 is 0 Å². The van der Waals surface area contributed by atoms with Gasteiger partial charge >= 0.3 is 0 Å². The van der Waals surface area contributed by atoms with Crippen molar-refractivity contribution in [2.75, 3.05) is 40.3 Å². The molecule has 0 radical (unpaired) electrons. The predicted molar refractivity (Wildman–Crippen MR) is 95.9 cm³/mol. The van der Waals surface area contributed by atoms with Gasteiger partial charge in [-0.2, -0.15) is 15.8 Å². The number of likely N-dealkylation sites (N-methyl/N-ethyl adjacent to an activating group) is 1. The van der Waals surface area contributed by atoms with Gasteiger partial charge in [0.2, 0.25) is 0 Å². The summed E-state index contributed by atoms with van der Waals surface area (Å²) in [4.78, 5) is 4.41. The van der Waals surface area contributed by atoms with Gasteiger partial charge in [0.1, 0.15) is 6.07 Å². The van der Waals surface area contributed by atoms with Gasteiger partial charge in [0.15, 0.2) is 5.41 Å². The van der Waals surface area contributed by atoms with E-state index in [9.17, 15) is 15.8 Å². The van der Waals surface area contributed by atoms with E-state index >= 15 is 0 Å². The van der Waals surface area contributed by atoms with Gasteiger partial charge in [0.05, 0.1) is 23.4 Å². The highest BCUT2D eigenvalue weighted by molar-refractivity contribution is 5.58. The van der Waals surface area contributed by atoms with Crippen LogP contribution in [0.5, 0.6) is 0 Å². The van der Waals surface area contributed by atoms with Crippen LogP contribution in [0.25, 0.3) is 0 Å². The molecule has 0 saturated carbocycles. The summed E-state index contributed by atoms with van der Waals surface area (Å²) in [6.07, 6.45) is 3.53. The number of likely N-dealkylation sites (tertiary alicyclic amines) is 1. The van der Waals surface area contributed by atoms with Crippen molar-refractivity contribution in [1.82, 2.24) is 9.80 Å². The molecule has 140 valence electrons. The van der Waals surface area contributed by atoms with Gasteiger partial charge in [-0.1, -0.05) is 6.08 Å². The Hall–Kier alpha value is -2.41. The van der Waals surface area contributed by atoms with Crippen molar-refractivity contribution < 1.29 is 11.0 Å². The van der Waals surface area contributed by atoms with E-state index < -0.39 is 10.8 Å². The molecular formula is C18H26N6O2. The molecule has 0 aromatic rings. The first-order valence-electron chi connectivity index (χ1n) is 8.26. The molecule has 0 amide bonds. The van der Waals surface area contributed by atoms with E-state index in [0.717, 1.165) is 44.6 Å². The zero-order valence-electron chi connectivity index (χ0n) is 15.2. The summed E-state index contributed by atoms with van der Waals surface area (Å²) in [5.74, 6) is -0.00815. The SMILES string of the molecule is CN1CCC2(CC1)C1CN(C)CC=C1C(C#N)=C(N)C2(C#N)C#N.O.O. The molecule has 8 nitrogen and oxygen atoms in total. The smallest absolute Gasteiger partial charge is 0.190 e. The summed E-state index contributed by atoms with van der Waals surface area (Å²) >= 11 is 0. The molecule has 2 heterocycles. The molecule has 0 aromatic carbocycles. The first-order chi connectivity index (χ1) is 11.5. The Morgan fingerprint density at radius 1 is 1.08 bits per heavy atom. The Balaban J connectivity index is 0.00000169. The second-order valence-electron chi connectivity index (χ2n) is 7.27. The molecule has 6 N–H and O–H groups in total. The van der Waals surface area contributed by atoms with Gasteiger partial charge in [-0.05, 0) is 45.6 Å². The number of nitriles is 3. The van der Waals surface area contributed by atoms with Crippen molar-refractivity contribution in [3.63, 3.8) is 0 Å². The molecule has 0 aromatic heterocycles. The summed E-state index contributed by atoms with van der Waals surface area (Å²) < 4.78 is 0. The number of allylic oxidation sites excluding steroid dienone is 2. The van der Waals surface area contributed by atoms with Crippen LogP contribution in [-0.4, -0.2) is 61.0 Å². The van der Waals surface area contributed by atoms with Crippen LogP contribution in [0, 0.1) is 50.7 Å². The summed E-state index contributed by atoms with van der Waals surface area (Å²) in [5, 5.41) is 29.7. The van der Waals surface area contributed by atoms with Crippen molar-refractivity contribution in [2.45, 2.75) is 12.8 Å². The number of fused-ring (bicyclic) bond motifs is 2. The molecule has 1 atom stereocenters. The molecule has 1 aliphatic carbocycles. The average molecular weight is 358 g/mol. The third-order valence-corrected chi connectivity index (χ3v) is 6.19. The van der Waals surface area contributed by atoms with E-state index in [-0.39, 0.29) is 22.6 Å². The lowest BCUT2D eigenvalue weighted by Gasteiger charge is -2.56. The molecule has 1 fully saturated rings. The second kappa shape index (κ2) is 7.45. The zero-order chi connectivity index (χ0) is 17.5. The Morgan fingerprint density at radius 2 is 1.65 bits per heavy atom. The fourth-order valence-corrected chi connectivity index (χ4v) is 4.74. The van der Waals surface area contributed by atoms with E-state index in [1.807, 2.05) is 7.05 Å². The molecule has 26 heavy (non-hydrogen) atoms. The van der Waals surface area contributed by atoms with Gasteiger partial charge in [0, 0.05) is 24.4 Å². The second-order valence-corrected chi connectivity index (χ2v) is 7.27. The van der Waals surface area contributed by atoms with Gasteiger partial charge < -0.3 is 26.5 Å². The zero-order valence-corrected chi connectivity index (χ0v) is 15.2. The molecular weight excluding hydrogens is 332 g/mol. The van der Waals surface area contributed by atoms with Gasteiger partial charge in [-0.3, -0.25) is 0 Å². The highest BCUT2D eigenvalue weighted by Gasteiger charge is 2.63. The molecule has 3 aliphatic rings. The largest absolute Gasteiger partial charge is 0.412 e. The van der Waals surface area contributed by atoms with E-state index in [0.29, 0.717) is 5.57 Å². The third-order valence-electron chi connectivity index (χ3n) is 6.19. The van der Waals surface area contributed by atoms with Gasteiger partial charge in [-0.15, -0.1) is 0 Å². The summed E-state index contributed by atoms with van der Waals surface area (Å²) in [5.41, 5.74) is 5.80. The molecule has 1 unspecified atom stereocenters. The lowest BCUT2D eigenvalue weighted by Crippen LogP contribution is -2.59. The third kappa shape index (κ3) is 2.58. The number of hydrogen-bond donors (Lipinski definition) is 1. The van der Waals surface area contributed by atoms with Gasteiger partial charge in [0.25, 0.3) is 0 Å². The van der Waals surface area contributed by atoms with Crippen LogP contribution < -0.4 is 5.73 Å². The first kappa shape index (κ1) is 21.6. The molecule has 8 heteroatoms. The highest BCUT2D eigenvalue weighted by atomic mass is 16.0. The Bertz CT molecular complexity index is 729. The van der Waals surface area contributed by atoms with E-state index in [4.69, 9.17) is 5.73 Å². The maximum absolute atomic E-state index is 10.0. The topological polar surface area (TPSA) is 167 Å². The minimum atomic E-state index is -1.43. The Morgan fingerprint density at radius 3 is 2.15 bits per heavy atom. The first-order valence-corrected chi connectivity index (χ1v) is 8.26. The van der Waals surface area contributed by atoms with E-state index in [1.165, 1.54) is 0 Å². The maximum atomic E-state index is 10.0. The number of rotatable bonds is 0. The van der Waals surface area contributed by atoms with Crippen molar-refractivity contribution in [1.29, 1.82) is 15.8 Å². The number of piperidine rings is 1. The van der Waals surface area contributed by atoms with Crippen molar-refractivity contribution in [2.24, 2.45) is 22.5 Å². The van der Waals surface area contributed by atoms with Crippen molar-refractivity contribution in [3.05, 3.63) is 22.9 Å². The highest BCUT2D eigenvalue weighted by Crippen LogP contribution is 2.61. The standard InChI is InChI=1S/C18H22N6.2H2O/c1-23-7-4-17(5-8-23)15-10-24(2)6-3-13(15)14(9-19)16(22)18(17,11-20)12-21;;/h3,15H,4-8,10,22H2,1-2H3;2*1H2. The molecule has 1 saturated heterocycles. The van der Waals surface area contributed by atoms with Gasteiger partial charge in [-0.25, -0.2) is 0 Å².